The third-order valence-corrected chi connectivity index (χ3v) is 11.3. The van der Waals surface area contributed by atoms with Gasteiger partial charge in [-0.25, -0.2) is 47.9 Å². The highest BCUT2D eigenvalue weighted by Crippen LogP contribution is 2.56. The van der Waals surface area contributed by atoms with Gasteiger partial charge in [-0.05, 0) is 24.3 Å². The number of esters is 1. The lowest BCUT2D eigenvalue weighted by atomic mass is 9.50. The molecular weight excluding hydrogens is 1060 g/mol. The molecule has 31 nitrogen and oxygen atoms in total. The Morgan fingerprint density at radius 1 is 0.321 bits per heavy atom. The van der Waals surface area contributed by atoms with E-state index in [4.69, 9.17) is 34.6 Å². The van der Waals surface area contributed by atoms with Crippen LogP contribution in [0.15, 0.2) is 122 Å². The zero-order chi connectivity index (χ0) is 60.6. The molecular formula is C47H58O31. The van der Waals surface area contributed by atoms with E-state index in [1.807, 2.05) is 0 Å². The lowest BCUT2D eigenvalue weighted by Gasteiger charge is -2.54. The Kier molecular flexibility index (Phi) is 30.6. The van der Waals surface area contributed by atoms with Crippen LogP contribution in [0.5, 0.6) is 0 Å². The summed E-state index contributed by atoms with van der Waals surface area (Å²) in [7, 11) is 0. The number of hydrogen-bond donors (Lipinski definition) is 18. The SMILES string of the molecule is O=C(O)C=COC(C=CC(=O)O)(C=CC(=O)O)C(CO)(COC(=O)C=CC(C=CC(=O)O)(C=CC(=O)O)C(C=CC(=O)O)(CO)C(CO)(CO)CO)C(C=CC(=O)O)(C=CC(=O)O)OC=CC(=O)O.OCC(CO)(CO)CO. The minimum absolute atomic E-state index is 0.138. The van der Waals surface area contributed by atoms with Crippen LogP contribution < -0.4 is 0 Å². The number of carbonyl (C=O) groups is 10. The second-order valence-corrected chi connectivity index (χ2v) is 15.9. The van der Waals surface area contributed by atoms with Gasteiger partial charge in [-0.1, -0.05) is 24.3 Å². The van der Waals surface area contributed by atoms with Crippen molar-refractivity contribution in [2.75, 3.05) is 66.1 Å². The van der Waals surface area contributed by atoms with Crippen molar-refractivity contribution < 1.29 is 154 Å². The van der Waals surface area contributed by atoms with E-state index < -0.39 is 164 Å². The van der Waals surface area contributed by atoms with E-state index in [1.165, 1.54) is 0 Å². The fraction of sp³-hybridized carbons (Fsp3) is 0.362. The predicted molar refractivity (Wildman–Crippen MR) is 255 cm³/mol. The number of aliphatic carboxylic acids is 9. The first-order valence-electron chi connectivity index (χ1n) is 21.3. The molecule has 0 spiro atoms. The zero-order valence-electron chi connectivity index (χ0n) is 40.5. The van der Waals surface area contributed by atoms with Crippen LogP contribution in [0.4, 0.5) is 0 Å². The molecule has 1 atom stereocenters. The van der Waals surface area contributed by atoms with E-state index in [1.54, 1.807) is 0 Å². The first-order valence-corrected chi connectivity index (χ1v) is 21.3. The summed E-state index contributed by atoms with van der Waals surface area (Å²) in [5.41, 5.74) is -19.2. The third-order valence-electron chi connectivity index (χ3n) is 11.3. The average molecular weight is 1120 g/mol. The molecule has 78 heavy (non-hydrogen) atoms. The number of ether oxygens (including phenoxy) is 3. The summed E-state index contributed by atoms with van der Waals surface area (Å²) in [6.07, 6.45) is 5.55. The molecule has 1 unspecified atom stereocenters. The topological polar surface area (TPSA) is 563 Å². The maximum atomic E-state index is 14.1. The van der Waals surface area contributed by atoms with Gasteiger partial charge in [-0.15, -0.1) is 0 Å². The van der Waals surface area contributed by atoms with Crippen LogP contribution in [-0.2, 0) is 62.2 Å². The maximum absolute atomic E-state index is 14.1. The Balaban J connectivity index is 0. The molecule has 432 valence electrons. The van der Waals surface area contributed by atoms with Gasteiger partial charge < -0.3 is 106 Å². The van der Waals surface area contributed by atoms with E-state index in [2.05, 4.69) is 0 Å². The van der Waals surface area contributed by atoms with Gasteiger partial charge in [-0.3, -0.25) is 0 Å². The molecule has 0 aromatic rings. The molecule has 0 rings (SSSR count). The average Bonchev–Trinajstić information content (AvgIpc) is 3.38. The lowest BCUT2D eigenvalue weighted by Crippen LogP contribution is -2.65. The number of carboxylic acid groups (broad SMARTS) is 9. The highest BCUT2D eigenvalue weighted by Gasteiger charge is 2.64. The molecule has 18 N–H and O–H groups in total. The van der Waals surface area contributed by atoms with E-state index in [0.29, 0.717) is 48.6 Å². The summed E-state index contributed by atoms with van der Waals surface area (Å²) < 4.78 is 16.6. The lowest BCUT2D eigenvalue weighted by molar-refractivity contribution is -0.180. The molecule has 31 heteroatoms. The van der Waals surface area contributed by atoms with Gasteiger partial charge in [0, 0.05) is 59.4 Å². The number of carbonyl (C=O) groups excluding carboxylic acids is 1. The number of aliphatic hydroxyl groups excluding tert-OH is 9. The molecule has 0 aliphatic heterocycles. The van der Waals surface area contributed by atoms with Crippen molar-refractivity contribution in [1.29, 1.82) is 0 Å². The summed E-state index contributed by atoms with van der Waals surface area (Å²) in [5.74, 6) is -18.8. The molecule has 0 amide bonds. The second-order valence-electron chi connectivity index (χ2n) is 15.9. The monoisotopic (exact) mass is 1120 g/mol. The van der Waals surface area contributed by atoms with Crippen LogP contribution in [0.1, 0.15) is 0 Å². The standard InChI is InChI=1S/C42H46O27.C5H12O4/c43-21-38(22-44,23-45)39(24-46,14-3-29(52)53)37(11-1-27(48)49,12-2-28(50)51)13-8-36(66)67-26-40(25-47,41(15-4-30(54)55,16-5-31(56)57)68-19-9-34(62)63)42(17-6-32(58)59,18-7-33(60)61)69-20-10-35(64)65;6-1-5(2-7,3-8)4-9/h1-20,43-47H,21-26H2,(H,48,49)(H,50,51)(H,52,53)(H,54,55)(H,56,57)(H,58,59)(H,60,61)(H,62,63)(H,64,65);6-9H,1-4H2. The molecule has 0 saturated heterocycles. The van der Waals surface area contributed by atoms with E-state index >= 15 is 0 Å². The van der Waals surface area contributed by atoms with Gasteiger partial charge in [0.25, 0.3) is 0 Å². The Morgan fingerprint density at radius 2 is 0.603 bits per heavy atom. The Labute approximate surface area is 439 Å². The summed E-state index contributed by atoms with van der Waals surface area (Å²) in [5, 5.41) is 175. The number of allylic oxidation sites excluding steroid dienone is 3. The molecule has 0 radical (unpaired) electrons. The quantitative estimate of drug-likeness (QED) is 0.0161. The maximum Gasteiger partial charge on any atom is 0.331 e. The first-order chi connectivity index (χ1) is 36.4. The predicted octanol–water partition coefficient (Wildman–Crippen LogP) is -3.87. The van der Waals surface area contributed by atoms with Crippen LogP contribution >= 0.6 is 0 Å². The van der Waals surface area contributed by atoms with Crippen molar-refractivity contribution >= 4 is 59.7 Å². The van der Waals surface area contributed by atoms with Crippen LogP contribution in [0.25, 0.3) is 0 Å². The van der Waals surface area contributed by atoms with Gasteiger partial charge in [0.1, 0.15) is 12.0 Å². The normalized spacial score (nSPS) is 16.5. The summed E-state index contributed by atoms with van der Waals surface area (Å²) in [6.45, 7) is -11.0. The molecule has 0 saturated carbocycles. The summed E-state index contributed by atoms with van der Waals surface area (Å²) >= 11 is 0. The number of aliphatic hydroxyl groups is 9. The Hall–Kier alpha value is -8.66. The number of hydrogen-bond acceptors (Lipinski definition) is 22. The molecule has 0 aromatic heterocycles. The van der Waals surface area contributed by atoms with Crippen molar-refractivity contribution in [2.24, 2.45) is 27.1 Å². The molecule has 0 aliphatic rings. The van der Waals surface area contributed by atoms with Gasteiger partial charge in [0.2, 0.25) is 0 Å². The molecule has 0 fully saturated rings. The fourth-order valence-corrected chi connectivity index (χ4v) is 6.85. The smallest absolute Gasteiger partial charge is 0.331 e. The van der Waals surface area contributed by atoms with Gasteiger partial charge in [0.05, 0.1) is 95.0 Å². The largest absolute Gasteiger partial charge is 0.485 e. The fourth-order valence-electron chi connectivity index (χ4n) is 6.85. The van der Waals surface area contributed by atoms with Crippen LogP contribution in [0.2, 0.25) is 0 Å². The zero-order valence-corrected chi connectivity index (χ0v) is 40.5. The van der Waals surface area contributed by atoms with Gasteiger partial charge in [-0.2, -0.15) is 0 Å². The summed E-state index contributed by atoms with van der Waals surface area (Å²) in [6, 6.07) is 0. The van der Waals surface area contributed by atoms with Crippen molar-refractivity contribution in [1.82, 2.24) is 0 Å². The van der Waals surface area contributed by atoms with E-state index in [0.717, 1.165) is 0 Å². The minimum Gasteiger partial charge on any atom is -0.485 e. The van der Waals surface area contributed by atoms with Crippen LogP contribution in [-0.4, -0.2) is 229 Å². The summed E-state index contributed by atoms with van der Waals surface area (Å²) in [4.78, 5) is 121. The molecule has 0 heterocycles. The Morgan fingerprint density at radius 3 is 0.846 bits per heavy atom. The van der Waals surface area contributed by atoms with Crippen LogP contribution in [0.3, 0.4) is 0 Å². The van der Waals surface area contributed by atoms with Gasteiger partial charge >= 0.3 is 59.7 Å². The van der Waals surface area contributed by atoms with Crippen LogP contribution in [0, 0.1) is 27.1 Å². The van der Waals surface area contributed by atoms with Crippen molar-refractivity contribution in [3.63, 3.8) is 0 Å². The van der Waals surface area contributed by atoms with E-state index in [-0.39, 0.29) is 73.3 Å². The highest BCUT2D eigenvalue weighted by atomic mass is 16.6. The number of rotatable bonds is 37. The Bertz CT molecular complexity index is 2230. The minimum atomic E-state index is -3.31. The van der Waals surface area contributed by atoms with E-state index in [9.17, 15) is 119 Å². The molecule has 0 aliphatic carbocycles. The van der Waals surface area contributed by atoms with Crippen molar-refractivity contribution in [3.05, 3.63) is 122 Å². The first kappa shape index (κ1) is 71.4. The highest BCUT2D eigenvalue weighted by molar-refractivity contribution is 5.86. The number of carboxylic acids is 9. The van der Waals surface area contributed by atoms with Crippen molar-refractivity contribution in [2.45, 2.75) is 11.2 Å². The third kappa shape index (κ3) is 19.8. The molecule has 0 bridgehead atoms. The van der Waals surface area contributed by atoms with Gasteiger partial charge in [0.15, 0.2) is 11.2 Å². The van der Waals surface area contributed by atoms with Crippen molar-refractivity contribution in [3.8, 4) is 0 Å². The second kappa shape index (κ2) is 33.4. The molecule has 0 aromatic carbocycles.